The monoisotopic (exact) mass is 523 g/mol. The highest BCUT2D eigenvalue weighted by Gasteiger charge is 2.39. The highest BCUT2D eigenvalue weighted by Crippen LogP contribution is 2.33. The van der Waals surface area contributed by atoms with E-state index < -0.39 is 5.60 Å². The molecule has 4 heterocycles. The Balaban J connectivity index is 1.11. The van der Waals surface area contributed by atoms with E-state index in [2.05, 4.69) is 33.4 Å². The molecule has 2 aliphatic rings. The molecule has 5 aromatic rings. The van der Waals surface area contributed by atoms with Gasteiger partial charge in [0, 0.05) is 31.4 Å². The van der Waals surface area contributed by atoms with Crippen molar-refractivity contribution < 1.29 is 9.90 Å². The first-order valence-corrected chi connectivity index (χ1v) is 13.4. The number of aromatic nitrogens is 6. The summed E-state index contributed by atoms with van der Waals surface area (Å²) in [5, 5.41) is 21.4. The van der Waals surface area contributed by atoms with Crippen molar-refractivity contribution in [3.05, 3.63) is 71.5 Å². The quantitative estimate of drug-likeness (QED) is 0.379. The summed E-state index contributed by atoms with van der Waals surface area (Å²) >= 11 is 0. The summed E-state index contributed by atoms with van der Waals surface area (Å²) in [7, 11) is 1.93. The SMILES string of the molecule is Cn1ncc2cc(-c3ccc(-n4ncc5c(=O)n(CC6(O)CCN(C(=O)C7CC7)CC6)cnc54)cc3)ccc21. The molecule has 7 rings (SSSR count). The van der Waals surface area contributed by atoms with Crippen LogP contribution in [0.25, 0.3) is 38.8 Å². The molecule has 1 aliphatic carbocycles. The lowest BCUT2D eigenvalue weighted by atomic mass is 9.91. The van der Waals surface area contributed by atoms with Crippen LogP contribution in [-0.2, 0) is 18.4 Å². The molecule has 1 amide bonds. The van der Waals surface area contributed by atoms with Crippen molar-refractivity contribution in [2.45, 2.75) is 37.8 Å². The molecule has 0 bridgehead atoms. The number of likely N-dealkylation sites (tertiary alicyclic amines) is 1. The minimum absolute atomic E-state index is 0.140. The standard InChI is InChI=1S/C29H29N7O3/c1-33-25-9-6-21(14-22(25)15-31-33)19-4-7-23(8-5-19)36-26-24(16-32-36)28(38)35(18-30-26)17-29(39)10-12-34(13-11-29)27(37)20-2-3-20/h4-9,14-16,18,20,39H,2-3,10-13,17H2,1H3. The largest absolute Gasteiger partial charge is 0.388 e. The van der Waals surface area contributed by atoms with Crippen molar-refractivity contribution in [3.8, 4) is 16.8 Å². The van der Waals surface area contributed by atoms with Gasteiger partial charge in [0.25, 0.3) is 5.56 Å². The fourth-order valence-electron chi connectivity index (χ4n) is 5.60. The van der Waals surface area contributed by atoms with Crippen molar-refractivity contribution in [2.24, 2.45) is 13.0 Å². The second-order valence-electron chi connectivity index (χ2n) is 10.9. The van der Waals surface area contributed by atoms with E-state index in [4.69, 9.17) is 0 Å². The van der Waals surface area contributed by atoms with E-state index in [9.17, 15) is 14.7 Å². The fourth-order valence-corrected chi connectivity index (χ4v) is 5.60. The van der Waals surface area contributed by atoms with Crippen LogP contribution in [0.15, 0.2) is 66.0 Å². The molecule has 0 atom stereocenters. The van der Waals surface area contributed by atoms with Gasteiger partial charge in [-0.1, -0.05) is 18.2 Å². The van der Waals surface area contributed by atoms with Crippen LogP contribution < -0.4 is 5.56 Å². The summed E-state index contributed by atoms with van der Waals surface area (Å²) < 4.78 is 4.98. The van der Waals surface area contributed by atoms with Crippen LogP contribution in [0, 0.1) is 5.92 Å². The number of benzene rings is 2. The Bertz CT molecular complexity index is 1770. The van der Waals surface area contributed by atoms with Crippen LogP contribution >= 0.6 is 0 Å². The number of carbonyl (C=O) groups excluding carboxylic acids is 1. The summed E-state index contributed by atoms with van der Waals surface area (Å²) in [6.07, 6.45) is 7.71. The zero-order chi connectivity index (χ0) is 26.7. The third kappa shape index (κ3) is 4.21. The number of aliphatic hydroxyl groups is 1. The molecule has 10 heteroatoms. The van der Waals surface area contributed by atoms with Gasteiger partial charge >= 0.3 is 0 Å². The summed E-state index contributed by atoms with van der Waals surface area (Å²) in [6, 6.07) is 14.2. The number of aryl methyl sites for hydroxylation is 1. The van der Waals surface area contributed by atoms with Gasteiger partial charge in [-0.3, -0.25) is 18.8 Å². The van der Waals surface area contributed by atoms with Gasteiger partial charge in [-0.15, -0.1) is 0 Å². The van der Waals surface area contributed by atoms with Crippen molar-refractivity contribution in [3.63, 3.8) is 0 Å². The van der Waals surface area contributed by atoms with Gasteiger partial charge in [-0.25, -0.2) is 9.67 Å². The molecule has 1 saturated carbocycles. The Morgan fingerprint density at radius 1 is 1.03 bits per heavy atom. The van der Waals surface area contributed by atoms with Crippen LogP contribution in [0.2, 0.25) is 0 Å². The molecule has 2 aromatic carbocycles. The Morgan fingerprint density at radius 3 is 2.51 bits per heavy atom. The van der Waals surface area contributed by atoms with E-state index in [1.807, 2.05) is 47.1 Å². The Kier molecular flexibility index (Phi) is 5.41. The van der Waals surface area contributed by atoms with Crippen LogP contribution in [0.4, 0.5) is 0 Å². The molecular formula is C29H29N7O3. The molecule has 10 nitrogen and oxygen atoms in total. The third-order valence-electron chi connectivity index (χ3n) is 8.14. The second kappa shape index (κ2) is 8.88. The summed E-state index contributed by atoms with van der Waals surface area (Å²) in [5.74, 6) is 0.377. The average molecular weight is 524 g/mol. The molecule has 1 N–H and O–H groups in total. The molecule has 0 spiro atoms. The maximum atomic E-state index is 13.3. The van der Waals surface area contributed by atoms with Gasteiger partial charge in [0.1, 0.15) is 11.7 Å². The van der Waals surface area contributed by atoms with E-state index >= 15 is 0 Å². The Hall–Kier alpha value is -4.31. The van der Waals surface area contributed by atoms with Gasteiger partial charge in [0.2, 0.25) is 5.91 Å². The smallest absolute Gasteiger partial charge is 0.264 e. The molecule has 0 unspecified atom stereocenters. The number of hydrogen-bond acceptors (Lipinski definition) is 6. The number of carbonyl (C=O) groups is 1. The predicted octanol–water partition coefficient (Wildman–Crippen LogP) is 2.90. The molecule has 39 heavy (non-hydrogen) atoms. The zero-order valence-corrected chi connectivity index (χ0v) is 21.7. The number of rotatable bonds is 5. The van der Waals surface area contributed by atoms with Crippen molar-refractivity contribution in [2.75, 3.05) is 13.1 Å². The van der Waals surface area contributed by atoms with Gasteiger partial charge in [0.05, 0.1) is 35.7 Å². The molecule has 198 valence electrons. The third-order valence-corrected chi connectivity index (χ3v) is 8.14. The van der Waals surface area contributed by atoms with Crippen LogP contribution in [0.5, 0.6) is 0 Å². The first kappa shape index (κ1) is 23.8. The van der Waals surface area contributed by atoms with E-state index in [1.54, 1.807) is 4.68 Å². The van der Waals surface area contributed by atoms with Gasteiger partial charge in [0.15, 0.2) is 5.65 Å². The lowest BCUT2D eigenvalue weighted by Crippen LogP contribution is -2.50. The van der Waals surface area contributed by atoms with Gasteiger partial charge < -0.3 is 10.0 Å². The van der Waals surface area contributed by atoms with E-state index in [0.717, 1.165) is 40.6 Å². The fraction of sp³-hybridized carbons (Fsp3) is 0.345. The summed E-state index contributed by atoms with van der Waals surface area (Å²) in [4.78, 5) is 32.0. The normalized spacial score (nSPS) is 17.2. The highest BCUT2D eigenvalue weighted by molar-refractivity contribution is 5.85. The number of fused-ring (bicyclic) bond motifs is 2. The highest BCUT2D eigenvalue weighted by atomic mass is 16.3. The average Bonchev–Trinajstić information content (AvgIpc) is 3.61. The van der Waals surface area contributed by atoms with Crippen molar-refractivity contribution in [1.82, 2.24) is 34.0 Å². The first-order chi connectivity index (χ1) is 18.9. The first-order valence-electron chi connectivity index (χ1n) is 13.4. The topological polar surface area (TPSA) is 111 Å². The minimum Gasteiger partial charge on any atom is -0.388 e. The number of piperidine rings is 1. The minimum atomic E-state index is -1.05. The van der Waals surface area contributed by atoms with Crippen LogP contribution in [0.3, 0.4) is 0 Å². The molecule has 1 saturated heterocycles. The van der Waals surface area contributed by atoms with Gasteiger partial charge in [-0.2, -0.15) is 10.2 Å². The molecular weight excluding hydrogens is 494 g/mol. The summed E-state index contributed by atoms with van der Waals surface area (Å²) in [5.41, 5.74) is 3.21. The zero-order valence-electron chi connectivity index (χ0n) is 21.7. The Labute approximate surface area is 224 Å². The molecule has 0 radical (unpaired) electrons. The molecule has 2 fully saturated rings. The lowest BCUT2D eigenvalue weighted by Gasteiger charge is -2.38. The maximum absolute atomic E-state index is 13.3. The van der Waals surface area contributed by atoms with Crippen LogP contribution in [0.1, 0.15) is 25.7 Å². The maximum Gasteiger partial charge on any atom is 0.264 e. The van der Waals surface area contributed by atoms with E-state index in [-0.39, 0.29) is 23.9 Å². The number of hydrogen-bond donors (Lipinski definition) is 1. The molecule has 3 aromatic heterocycles. The summed E-state index contributed by atoms with van der Waals surface area (Å²) in [6.45, 7) is 1.17. The number of nitrogens with zero attached hydrogens (tertiary/aromatic N) is 7. The van der Waals surface area contributed by atoms with E-state index in [1.165, 1.54) is 17.1 Å². The number of amides is 1. The predicted molar refractivity (Wildman–Crippen MR) is 146 cm³/mol. The lowest BCUT2D eigenvalue weighted by molar-refractivity contribution is -0.137. The van der Waals surface area contributed by atoms with Crippen molar-refractivity contribution in [1.29, 1.82) is 0 Å². The van der Waals surface area contributed by atoms with Crippen LogP contribution in [-0.4, -0.2) is 63.7 Å². The second-order valence-corrected chi connectivity index (χ2v) is 10.9. The van der Waals surface area contributed by atoms with E-state index in [0.29, 0.717) is 37.0 Å². The molecule has 1 aliphatic heterocycles. The van der Waals surface area contributed by atoms with Crippen molar-refractivity contribution >= 4 is 27.8 Å². The van der Waals surface area contributed by atoms with Gasteiger partial charge in [-0.05, 0) is 61.1 Å². The Morgan fingerprint density at radius 2 is 1.77 bits per heavy atom.